The highest BCUT2D eigenvalue weighted by molar-refractivity contribution is 5.45. The number of hydrogen-bond donors (Lipinski definition) is 1. The van der Waals surface area contributed by atoms with Gasteiger partial charge in [0.05, 0.1) is 0 Å². The molecule has 26 heavy (non-hydrogen) atoms. The Morgan fingerprint density at radius 2 is 1.77 bits per heavy atom. The molecule has 4 heteroatoms. The van der Waals surface area contributed by atoms with Crippen molar-refractivity contribution in [2.24, 2.45) is 0 Å². The van der Waals surface area contributed by atoms with Crippen LogP contribution in [0.4, 0.5) is 0 Å². The third kappa shape index (κ3) is 4.99. The summed E-state index contributed by atoms with van der Waals surface area (Å²) in [5, 5.41) is 3.76. The minimum absolute atomic E-state index is 0.267. The highest BCUT2D eigenvalue weighted by Crippen LogP contribution is 2.34. The van der Waals surface area contributed by atoms with Crippen molar-refractivity contribution in [3.05, 3.63) is 59.7 Å². The van der Waals surface area contributed by atoms with E-state index in [2.05, 4.69) is 66.5 Å². The van der Waals surface area contributed by atoms with E-state index in [9.17, 15) is 0 Å². The molecule has 1 heterocycles. The lowest BCUT2D eigenvalue weighted by atomic mass is 9.98. The van der Waals surface area contributed by atoms with Gasteiger partial charge in [-0.1, -0.05) is 50.2 Å². The molecular formula is C22H30N2O2. The van der Waals surface area contributed by atoms with Crippen LogP contribution < -0.4 is 14.8 Å². The number of hydrogen-bond acceptors (Lipinski definition) is 4. The Bertz CT molecular complexity index is 671. The largest absolute Gasteiger partial charge is 0.454 e. The van der Waals surface area contributed by atoms with Crippen LogP contribution >= 0.6 is 0 Å². The Hall–Kier alpha value is -2.04. The van der Waals surface area contributed by atoms with Crippen molar-refractivity contribution in [3.63, 3.8) is 0 Å². The first-order chi connectivity index (χ1) is 12.8. The van der Waals surface area contributed by atoms with Crippen LogP contribution in [0.25, 0.3) is 0 Å². The van der Waals surface area contributed by atoms with Crippen LogP contribution in [-0.4, -0.2) is 37.9 Å². The molecular weight excluding hydrogens is 324 g/mol. The van der Waals surface area contributed by atoms with Crippen LogP contribution in [0.15, 0.2) is 48.5 Å². The number of fused-ring (bicyclic) bond motifs is 1. The molecule has 0 aromatic heterocycles. The molecule has 1 aliphatic rings. The average Bonchev–Trinajstić information content (AvgIpc) is 3.16. The molecule has 3 rings (SSSR count). The van der Waals surface area contributed by atoms with Crippen LogP contribution in [-0.2, 0) is 6.42 Å². The number of rotatable bonds is 10. The Morgan fingerprint density at radius 3 is 2.54 bits per heavy atom. The maximum atomic E-state index is 5.57. The summed E-state index contributed by atoms with van der Waals surface area (Å²) in [6.07, 6.45) is 2.11. The highest BCUT2D eigenvalue weighted by atomic mass is 16.7. The number of benzene rings is 2. The third-order valence-corrected chi connectivity index (χ3v) is 5.02. The average molecular weight is 354 g/mol. The lowest BCUT2D eigenvalue weighted by molar-refractivity contribution is 0.174. The predicted octanol–water partition coefficient (Wildman–Crippen LogP) is 4.02. The first-order valence-corrected chi connectivity index (χ1v) is 9.69. The minimum Gasteiger partial charge on any atom is -0.454 e. The van der Waals surface area contributed by atoms with Gasteiger partial charge in [0.2, 0.25) is 6.79 Å². The van der Waals surface area contributed by atoms with Gasteiger partial charge in [0.15, 0.2) is 11.5 Å². The van der Waals surface area contributed by atoms with Crippen LogP contribution in [0.2, 0.25) is 0 Å². The van der Waals surface area contributed by atoms with Crippen molar-refractivity contribution in [1.29, 1.82) is 0 Å². The Morgan fingerprint density at radius 1 is 1.00 bits per heavy atom. The second-order valence-corrected chi connectivity index (χ2v) is 6.69. The van der Waals surface area contributed by atoms with E-state index in [0.29, 0.717) is 6.79 Å². The summed E-state index contributed by atoms with van der Waals surface area (Å²) in [6.45, 7) is 9.14. The van der Waals surface area contributed by atoms with Crippen LogP contribution in [0.5, 0.6) is 11.5 Å². The second-order valence-electron chi connectivity index (χ2n) is 6.69. The lowest BCUT2D eigenvalue weighted by Crippen LogP contribution is -2.29. The summed E-state index contributed by atoms with van der Waals surface area (Å²) in [7, 11) is 0. The first-order valence-electron chi connectivity index (χ1n) is 9.69. The van der Waals surface area contributed by atoms with Crippen LogP contribution in [0.1, 0.15) is 37.4 Å². The molecule has 4 nitrogen and oxygen atoms in total. The smallest absolute Gasteiger partial charge is 0.231 e. The van der Waals surface area contributed by atoms with Gasteiger partial charge in [0.25, 0.3) is 0 Å². The zero-order chi connectivity index (χ0) is 18.2. The second kappa shape index (κ2) is 9.60. The van der Waals surface area contributed by atoms with E-state index >= 15 is 0 Å². The fraction of sp³-hybridized carbons (Fsp3) is 0.455. The molecule has 0 saturated carbocycles. The van der Waals surface area contributed by atoms with Gasteiger partial charge in [-0.25, -0.2) is 0 Å². The molecule has 0 saturated heterocycles. The summed E-state index contributed by atoms with van der Waals surface area (Å²) in [4.78, 5) is 2.47. The monoisotopic (exact) mass is 354 g/mol. The van der Waals surface area contributed by atoms with Crippen molar-refractivity contribution >= 4 is 0 Å². The summed E-state index contributed by atoms with van der Waals surface area (Å²) in [5.41, 5.74) is 2.59. The molecule has 2 aromatic rings. The maximum absolute atomic E-state index is 5.57. The van der Waals surface area contributed by atoms with Gasteiger partial charge < -0.3 is 19.7 Å². The molecule has 2 aromatic carbocycles. The van der Waals surface area contributed by atoms with Gasteiger partial charge in [0, 0.05) is 6.04 Å². The van der Waals surface area contributed by atoms with E-state index in [1.807, 2.05) is 6.07 Å². The molecule has 0 amide bonds. The molecule has 140 valence electrons. The van der Waals surface area contributed by atoms with Gasteiger partial charge >= 0.3 is 0 Å². The number of ether oxygens (including phenoxy) is 2. The molecule has 0 spiro atoms. The van der Waals surface area contributed by atoms with Crippen molar-refractivity contribution < 1.29 is 9.47 Å². The van der Waals surface area contributed by atoms with Gasteiger partial charge in [0.1, 0.15) is 0 Å². The zero-order valence-electron chi connectivity index (χ0n) is 15.9. The molecule has 1 N–H and O–H groups in total. The minimum atomic E-state index is 0.267. The van der Waals surface area contributed by atoms with Gasteiger partial charge in [-0.3, -0.25) is 0 Å². The quantitative estimate of drug-likeness (QED) is 0.654. The first kappa shape index (κ1) is 18.7. The Labute approximate surface area is 157 Å². The fourth-order valence-electron chi connectivity index (χ4n) is 3.41. The summed E-state index contributed by atoms with van der Waals surface area (Å²) in [6, 6.07) is 17.2. The molecule has 1 aliphatic heterocycles. The Balaban J connectivity index is 1.65. The summed E-state index contributed by atoms with van der Waals surface area (Å²) >= 11 is 0. The van der Waals surface area contributed by atoms with E-state index in [1.54, 1.807) is 0 Å². The predicted molar refractivity (Wildman–Crippen MR) is 106 cm³/mol. The molecule has 0 aliphatic carbocycles. The SMILES string of the molecule is CCN(CC)CCCNC(Cc1ccccc1)c1ccc2c(c1)OCO2. The van der Waals surface area contributed by atoms with Crippen LogP contribution in [0, 0.1) is 0 Å². The third-order valence-electron chi connectivity index (χ3n) is 5.02. The van der Waals surface area contributed by atoms with Crippen molar-refractivity contribution in [1.82, 2.24) is 10.2 Å². The fourth-order valence-corrected chi connectivity index (χ4v) is 3.41. The maximum Gasteiger partial charge on any atom is 0.231 e. The Kier molecular flexibility index (Phi) is 6.92. The number of nitrogens with one attached hydrogen (secondary N) is 1. The van der Waals surface area contributed by atoms with Crippen LogP contribution in [0.3, 0.4) is 0 Å². The van der Waals surface area contributed by atoms with Gasteiger partial charge in [-0.15, -0.1) is 0 Å². The summed E-state index contributed by atoms with van der Waals surface area (Å²) < 4.78 is 11.0. The van der Waals surface area contributed by atoms with Gasteiger partial charge in [-0.05, 0) is 62.3 Å². The molecule has 1 unspecified atom stereocenters. The molecule has 1 atom stereocenters. The normalized spacial score (nSPS) is 14.0. The molecule has 0 radical (unpaired) electrons. The van der Waals surface area contributed by atoms with E-state index in [-0.39, 0.29) is 6.04 Å². The van der Waals surface area contributed by atoms with Crippen molar-refractivity contribution in [3.8, 4) is 11.5 Å². The van der Waals surface area contributed by atoms with Crippen molar-refractivity contribution in [2.75, 3.05) is 33.0 Å². The van der Waals surface area contributed by atoms with E-state index < -0.39 is 0 Å². The van der Waals surface area contributed by atoms with Gasteiger partial charge in [-0.2, -0.15) is 0 Å². The van der Waals surface area contributed by atoms with E-state index in [1.165, 1.54) is 11.1 Å². The highest BCUT2D eigenvalue weighted by Gasteiger charge is 2.18. The van der Waals surface area contributed by atoms with E-state index in [0.717, 1.165) is 50.5 Å². The standard InChI is InChI=1S/C22H30N2O2/c1-3-24(4-2)14-8-13-23-20(15-18-9-6-5-7-10-18)19-11-12-21-22(16-19)26-17-25-21/h5-7,9-12,16,20,23H,3-4,8,13-15,17H2,1-2H3. The number of nitrogens with zero attached hydrogens (tertiary/aromatic N) is 1. The topological polar surface area (TPSA) is 33.7 Å². The molecule has 0 fully saturated rings. The zero-order valence-corrected chi connectivity index (χ0v) is 15.9. The van der Waals surface area contributed by atoms with Crippen molar-refractivity contribution in [2.45, 2.75) is 32.7 Å². The van der Waals surface area contributed by atoms with E-state index in [4.69, 9.17) is 9.47 Å². The summed E-state index contributed by atoms with van der Waals surface area (Å²) in [5.74, 6) is 1.69. The molecule has 0 bridgehead atoms. The lowest BCUT2D eigenvalue weighted by Gasteiger charge is -2.22.